The van der Waals surface area contributed by atoms with E-state index >= 15 is 0 Å². The molecule has 1 N–H and O–H groups in total. The van der Waals surface area contributed by atoms with Crippen molar-refractivity contribution in [3.63, 3.8) is 0 Å². The van der Waals surface area contributed by atoms with Crippen molar-refractivity contribution < 1.29 is 4.42 Å². The first-order valence-electron chi connectivity index (χ1n) is 12.2. The predicted octanol–water partition coefficient (Wildman–Crippen LogP) is 8.14. The van der Waals surface area contributed by atoms with E-state index in [2.05, 4.69) is 127 Å². The zero-order valence-corrected chi connectivity index (χ0v) is 19.3. The number of dihydropyridines is 1. The zero-order valence-electron chi connectivity index (χ0n) is 19.3. The quantitative estimate of drug-likeness (QED) is 0.340. The van der Waals surface area contributed by atoms with Crippen LogP contribution < -0.4 is 5.32 Å². The van der Waals surface area contributed by atoms with Crippen molar-refractivity contribution in [1.82, 2.24) is 5.32 Å². The lowest BCUT2D eigenvalue weighted by atomic mass is 9.80. The van der Waals surface area contributed by atoms with E-state index in [9.17, 15) is 0 Å². The van der Waals surface area contributed by atoms with Crippen LogP contribution in [-0.4, -0.2) is 0 Å². The molecule has 0 radical (unpaired) electrons. The Morgan fingerprint density at radius 1 is 0.714 bits per heavy atom. The van der Waals surface area contributed by atoms with Crippen LogP contribution in [0, 0.1) is 11.8 Å². The van der Waals surface area contributed by atoms with Crippen molar-refractivity contribution in [2.75, 3.05) is 0 Å². The Morgan fingerprint density at radius 3 is 2.46 bits per heavy atom. The van der Waals surface area contributed by atoms with Crippen LogP contribution in [0.5, 0.6) is 0 Å². The van der Waals surface area contributed by atoms with Crippen LogP contribution in [0.25, 0.3) is 33.2 Å². The van der Waals surface area contributed by atoms with E-state index in [-0.39, 0.29) is 6.04 Å². The van der Waals surface area contributed by atoms with Crippen molar-refractivity contribution in [2.24, 2.45) is 11.8 Å². The van der Waals surface area contributed by atoms with E-state index in [1.165, 1.54) is 27.6 Å². The topological polar surface area (TPSA) is 25.2 Å². The molecule has 3 atom stereocenters. The lowest BCUT2D eigenvalue weighted by molar-refractivity contribution is 0.662. The van der Waals surface area contributed by atoms with Crippen LogP contribution in [-0.2, 0) is 0 Å². The fourth-order valence-electron chi connectivity index (χ4n) is 5.46. The highest BCUT2D eigenvalue weighted by Crippen LogP contribution is 2.40. The largest absolute Gasteiger partial charge is 0.456 e. The molecule has 2 nitrogen and oxygen atoms in total. The molecule has 0 saturated heterocycles. The van der Waals surface area contributed by atoms with E-state index in [4.69, 9.17) is 4.42 Å². The number of hydrogen-bond donors (Lipinski definition) is 1. The van der Waals surface area contributed by atoms with Gasteiger partial charge in [0.1, 0.15) is 11.2 Å². The second-order valence-electron chi connectivity index (χ2n) is 9.40. The van der Waals surface area contributed by atoms with E-state index in [0.717, 1.165) is 22.2 Å². The van der Waals surface area contributed by atoms with E-state index in [1.807, 2.05) is 6.07 Å². The Balaban J connectivity index is 1.37. The fraction of sp³-hybridized carbons (Fsp3) is 0.0909. The number of hydrogen-bond acceptors (Lipinski definition) is 2. The SMILES string of the molecule is C1=CC(c2cc(C3=CC4C=CC=CC4C=C3)c3c(c2)oc2ccccc23)NC(c2ccccc2)=C1. The van der Waals surface area contributed by atoms with Crippen LogP contribution in [0.4, 0.5) is 0 Å². The summed E-state index contributed by atoms with van der Waals surface area (Å²) in [5, 5.41) is 6.09. The van der Waals surface area contributed by atoms with Gasteiger partial charge in [-0.25, -0.2) is 0 Å². The zero-order chi connectivity index (χ0) is 23.2. The van der Waals surface area contributed by atoms with Crippen molar-refractivity contribution in [1.29, 1.82) is 0 Å². The molecule has 3 aromatic carbocycles. The number of benzene rings is 3. The number of para-hydroxylation sites is 1. The molecule has 1 aliphatic heterocycles. The molecule has 3 aliphatic rings. The van der Waals surface area contributed by atoms with Crippen LogP contribution in [0.1, 0.15) is 22.7 Å². The van der Waals surface area contributed by atoms with E-state index < -0.39 is 0 Å². The summed E-state index contributed by atoms with van der Waals surface area (Å²) in [6, 6.07) is 23.5. The Kier molecular flexibility index (Phi) is 4.70. The van der Waals surface area contributed by atoms with Gasteiger partial charge in [0, 0.05) is 28.3 Å². The number of rotatable bonds is 3. The minimum Gasteiger partial charge on any atom is -0.456 e. The van der Waals surface area contributed by atoms with Gasteiger partial charge in [0.15, 0.2) is 0 Å². The maximum Gasteiger partial charge on any atom is 0.136 e. The van der Waals surface area contributed by atoms with Crippen LogP contribution in [0.3, 0.4) is 0 Å². The standard InChI is InChI=1S/C33H25NO/c1-2-10-23(11-3-1)29-14-8-15-30(34-29)26-20-28(25-18-17-22-9-4-5-12-24(22)19-25)33-27-13-6-7-16-31(27)35-32(33)21-26/h1-22,24,30,34H. The highest BCUT2D eigenvalue weighted by molar-refractivity contribution is 6.11. The molecule has 7 rings (SSSR count). The van der Waals surface area contributed by atoms with Gasteiger partial charge in [0.05, 0.1) is 6.04 Å². The highest BCUT2D eigenvalue weighted by atomic mass is 16.3. The summed E-state index contributed by atoms with van der Waals surface area (Å²) in [7, 11) is 0. The molecule has 0 spiro atoms. The Bertz CT molecular complexity index is 1620. The molecule has 4 aromatic rings. The first-order chi connectivity index (χ1) is 17.3. The second kappa shape index (κ2) is 8.18. The lowest BCUT2D eigenvalue weighted by Gasteiger charge is -2.25. The fourth-order valence-corrected chi connectivity index (χ4v) is 5.46. The van der Waals surface area contributed by atoms with Gasteiger partial charge in [-0.05, 0) is 46.5 Å². The summed E-state index contributed by atoms with van der Waals surface area (Å²) < 4.78 is 6.39. The number of allylic oxidation sites excluding steroid dienone is 10. The van der Waals surface area contributed by atoms with Gasteiger partial charge in [-0.15, -0.1) is 0 Å². The minimum atomic E-state index is 0.0602. The summed E-state index contributed by atoms with van der Waals surface area (Å²) in [6.45, 7) is 0. The molecule has 2 aliphatic carbocycles. The maximum atomic E-state index is 6.39. The predicted molar refractivity (Wildman–Crippen MR) is 146 cm³/mol. The highest BCUT2D eigenvalue weighted by Gasteiger charge is 2.23. The monoisotopic (exact) mass is 451 g/mol. The average Bonchev–Trinajstić information content (AvgIpc) is 3.31. The van der Waals surface area contributed by atoms with Gasteiger partial charge in [0.25, 0.3) is 0 Å². The lowest BCUT2D eigenvalue weighted by Crippen LogP contribution is -2.20. The van der Waals surface area contributed by atoms with Crippen molar-refractivity contribution in [2.45, 2.75) is 6.04 Å². The number of nitrogens with one attached hydrogen (secondary N) is 1. The molecule has 0 amide bonds. The summed E-state index contributed by atoms with van der Waals surface area (Å²) in [5.74, 6) is 0.821. The van der Waals surface area contributed by atoms with Crippen molar-refractivity contribution >= 4 is 33.2 Å². The minimum absolute atomic E-state index is 0.0602. The molecular formula is C33H25NO. The molecule has 2 heterocycles. The van der Waals surface area contributed by atoms with Gasteiger partial charge in [0.2, 0.25) is 0 Å². The smallest absolute Gasteiger partial charge is 0.136 e. The summed E-state index contributed by atoms with van der Waals surface area (Å²) in [4.78, 5) is 0. The third-order valence-electron chi connectivity index (χ3n) is 7.23. The summed E-state index contributed by atoms with van der Waals surface area (Å²) in [5.41, 5.74) is 7.85. The van der Waals surface area contributed by atoms with Crippen molar-refractivity contribution in [3.05, 3.63) is 144 Å². The Morgan fingerprint density at radius 2 is 1.54 bits per heavy atom. The molecule has 2 heteroatoms. The molecule has 0 bridgehead atoms. The Hall–Kier alpha value is -4.30. The van der Waals surface area contributed by atoms with Crippen LogP contribution in [0.2, 0.25) is 0 Å². The molecule has 35 heavy (non-hydrogen) atoms. The molecule has 0 fully saturated rings. The van der Waals surface area contributed by atoms with Gasteiger partial charge >= 0.3 is 0 Å². The summed E-state index contributed by atoms with van der Waals surface area (Å²) >= 11 is 0. The molecule has 0 saturated carbocycles. The third kappa shape index (κ3) is 3.50. The maximum absolute atomic E-state index is 6.39. The normalized spacial score (nSPS) is 22.7. The summed E-state index contributed by atoms with van der Waals surface area (Å²) in [6.07, 6.45) is 22.4. The van der Waals surface area contributed by atoms with E-state index in [0.29, 0.717) is 11.8 Å². The first kappa shape index (κ1) is 20.1. The first-order valence-corrected chi connectivity index (χ1v) is 12.2. The van der Waals surface area contributed by atoms with Crippen LogP contribution >= 0.6 is 0 Å². The van der Waals surface area contributed by atoms with Crippen LogP contribution in [0.15, 0.2) is 132 Å². The molecule has 1 aromatic heterocycles. The average molecular weight is 452 g/mol. The second-order valence-corrected chi connectivity index (χ2v) is 9.40. The van der Waals surface area contributed by atoms with Gasteiger partial charge in [-0.1, -0.05) is 103 Å². The Labute approximate surface area is 205 Å². The van der Waals surface area contributed by atoms with Gasteiger partial charge in [-0.2, -0.15) is 0 Å². The van der Waals surface area contributed by atoms with E-state index in [1.54, 1.807) is 0 Å². The van der Waals surface area contributed by atoms with Crippen molar-refractivity contribution in [3.8, 4) is 0 Å². The van der Waals surface area contributed by atoms with Gasteiger partial charge < -0.3 is 9.73 Å². The number of fused-ring (bicyclic) bond motifs is 4. The van der Waals surface area contributed by atoms with Gasteiger partial charge in [-0.3, -0.25) is 0 Å². The molecule has 3 unspecified atom stereocenters. The molecular weight excluding hydrogens is 426 g/mol. The molecule has 168 valence electrons. The third-order valence-corrected chi connectivity index (χ3v) is 7.23. The number of furan rings is 1.